The molecule has 2 aromatic rings. The normalized spacial score (nSPS) is 18.1. The van der Waals surface area contributed by atoms with E-state index in [9.17, 15) is 4.79 Å². The number of benzene rings is 2. The lowest BCUT2D eigenvalue weighted by molar-refractivity contribution is -0.122. The molecule has 2 aliphatic rings. The summed E-state index contributed by atoms with van der Waals surface area (Å²) in [5, 5.41) is 0. The summed E-state index contributed by atoms with van der Waals surface area (Å²) in [5.74, 6) is 0.877. The molecule has 2 heterocycles. The molecule has 0 unspecified atom stereocenters. The Labute approximate surface area is 192 Å². The molecule has 1 spiro atoms. The van der Waals surface area contributed by atoms with Gasteiger partial charge >= 0.3 is 0 Å². The van der Waals surface area contributed by atoms with Crippen molar-refractivity contribution in [1.29, 1.82) is 0 Å². The van der Waals surface area contributed by atoms with Crippen LogP contribution in [0.25, 0.3) is 0 Å². The molecule has 32 heavy (non-hydrogen) atoms. The quantitative estimate of drug-likeness (QED) is 0.691. The van der Waals surface area contributed by atoms with Gasteiger partial charge in [-0.2, -0.15) is 0 Å². The van der Waals surface area contributed by atoms with Crippen LogP contribution < -0.4 is 9.64 Å². The lowest BCUT2D eigenvalue weighted by atomic mass is 9.74. The van der Waals surface area contributed by atoms with Gasteiger partial charge < -0.3 is 14.4 Å². The van der Waals surface area contributed by atoms with Gasteiger partial charge in [-0.05, 0) is 66.2 Å². The van der Waals surface area contributed by atoms with E-state index >= 15 is 0 Å². The number of methoxy groups -OCH3 is 2. The zero-order valence-corrected chi connectivity index (χ0v) is 20.1. The molecule has 0 radical (unpaired) electrons. The highest BCUT2D eigenvalue weighted by molar-refractivity contribution is 5.97. The molecular formula is C27H36N2O3. The highest BCUT2D eigenvalue weighted by Gasteiger charge is 2.46. The Bertz CT molecular complexity index is 954. The number of ether oxygens (including phenoxy) is 2. The molecule has 1 saturated heterocycles. The van der Waals surface area contributed by atoms with Crippen molar-refractivity contribution in [1.82, 2.24) is 4.90 Å². The van der Waals surface area contributed by atoms with Gasteiger partial charge in [-0.25, -0.2) is 0 Å². The molecule has 0 aromatic heterocycles. The lowest BCUT2D eigenvalue weighted by Crippen LogP contribution is -2.46. The number of anilines is 1. The van der Waals surface area contributed by atoms with Gasteiger partial charge in [0.2, 0.25) is 0 Å². The van der Waals surface area contributed by atoms with Crippen LogP contribution in [0.5, 0.6) is 5.75 Å². The van der Waals surface area contributed by atoms with Crippen LogP contribution in [0, 0.1) is 0 Å². The number of likely N-dealkylation sites (tertiary alicyclic amines) is 1. The summed E-state index contributed by atoms with van der Waals surface area (Å²) in [7, 11) is 3.27. The molecule has 2 aromatic carbocycles. The zero-order valence-electron chi connectivity index (χ0n) is 20.1. The van der Waals surface area contributed by atoms with E-state index in [1.165, 1.54) is 16.7 Å². The standard InChI is InChI=1S/C27H36N2O3/c1-26(2,3)21-8-6-20(7-9-21)17-28-14-12-27(13-15-28)19-29(25(30)18-31-4)24-11-10-22(32-5)16-23(24)27/h6-11,16H,12-15,17-19H2,1-5H3. The van der Waals surface area contributed by atoms with Crippen LogP contribution in [-0.2, 0) is 26.9 Å². The van der Waals surface area contributed by atoms with Crippen LogP contribution >= 0.6 is 0 Å². The van der Waals surface area contributed by atoms with Crippen LogP contribution in [0.2, 0.25) is 0 Å². The average Bonchev–Trinajstić information content (AvgIpc) is 3.09. The molecule has 5 heteroatoms. The molecule has 2 aliphatic heterocycles. The van der Waals surface area contributed by atoms with Gasteiger partial charge in [0.15, 0.2) is 0 Å². The molecule has 0 saturated carbocycles. The summed E-state index contributed by atoms with van der Waals surface area (Å²) in [6, 6.07) is 15.2. The SMILES string of the molecule is COCC(=O)N1CC2(CCN(Cc3ccc(C(C)(C)C)cc3)CC2)c2cc(OC)ccc21. The maximum absolute atomic E-state index is 12.8. The van der Waals surface area contributed by atoms with Crippen LogP contribution in [0.1, 0.15) is 50.3 Å². The Morgan fingerprint density at radius 3 is 2.31 bits per heavy atom. The third-order valence-electron chi connectivity index (χ3n) is 7.13. The maximum Gasteiger partial charge on any atom is 0.252 e. The van der Waals surface area contributed by atoms with Crippen LogP contribution in [0.3, 0.4) is 0 Å². The molecule has 172 valence electrons. The van der Waals surface area contributed by atoms with Crippen molar-refractivity contribution < 1.29 is 14.3 Å². The van der Waals surface area contributed by atoms with Crippen molar-refractivity contribution in [3.63, 3.8) is 0 Å². The summed E-state index contributed by atoms with van der Waals surface area (Å²) >= 11 is 0. The Kier molecular flexibility index (Phi) is 6.33. The van der Waals surface area contributed by atoms with Gasteiger partial charge in [0.25, 0.3) is 5.91 Å². The number of fused-ring (bicyclic) bond motifs is 2. The van der Waals surface area contributed by atoms with Crippen LogP contribution in [0.4, 0.5) is 5.69 Å². The predicted octanol–water partition coefficient (Wildman–Crippen LogP) is 4.52. The van der Waals surface area contributed by atoms with E-state index in [1.54, 1.807) is 14.2 Å². The van der Waals surface area contributed by atoms with E-state index in [2.05, 4.69) is 56.0 Å². The first-order valence-corrected chi connectivity index (χ1v) is 11.6. The van der Waals surface area contributed by atoms with Crippen molar-refractivity contribution >= 4 is 11.6 Å². The molecular weight excluding hydrogens is 400 g/mol. The predicted molar refractivity (Wildman–Crippen MR) is 129 cm³/mol. The highest BCUT2D eigenvalue weighted by Crippen LogP contribution is 2.48. The third-order valence-corrected chi connectivity index (χ3v) is 7.13. The van der Waals surface area contributed by atoms with Crippen molar-refractivity contribution in [2.75, 3.05) is 45.4 Å². The average molecular weight is 437 g/mol. The molecule has 1 fully saturated rings. The molecule has 0 bridgehead atoms. The minimum Gasteiger partial charge on any atom is -0.497 e. The van der Waals surface area contributed by atoms with Crippen molar-refractivity contribution in [2.24, 2.45) is 0 Å². The van der Waals surface area contributed by atoms with Gasteiger partial charge in [-0.3, -0.25) is 9.69 Å². The van der Waals surface area contributed by atoms with Gasteiger partial charge in [-0.15, -0.1) is 0 Å². The number of amides is 1. The van der Waals surface area contributed by atoms with Gasteiger partial charge in [0, 0.05) is 31.3 Å². The van der Waals surface area contributed by atoms with E-state index in [0.29, 0.717) is 0 Å². The topological polar surface area (TPSA) is 42.0 Å². The maximum atomic E-state index is 12.8. The molecule has 1 amide bonds. The van der Waals surface area contributed by atoms with Crippen molar-refractivity contribution in [2.45, 2.75) is 51.0 Å². The second-order valence-corrected chi connectivity index (χ2v) is 10.3. The van der Waals surface area contributed by atoms with E-state index in [4.69, 9.17) is 9.47 Å². The van der Waals surface area contributed by atoms with Crippen LogP contribution in [0.15, 0.2) is 42.5 Å². The molecule has 5 nitrogen and oxygen atoms in total. The second-order valence-electron chi connectivity index (χ2n) is 10.3. The largest absolute Gasteiger partial charge is 0.497 e. The number of carbonyl (C=O) groups excluding carboxylic acids is 1. The summed E-state index contributed by atoms with van der Waals surface area (Å²) in [4.78, 5) is 17.2. The lowest BCUT2D eigenvalue weighted by Gasteiger charge is -2.40. The first-order valence-electron chi connectivity index (χ1n) is 11.6. The molecule has 4 rings (SSSR count). The third kappa shape index (κ3) is 4.41. The minimum atomic E-state index is -0.0140. The Hall–Kier alpha value is -2.37. The molecule has 0 atom stereocenters. The minimum absolute atomic E-state index is 0.0140. The summed E-state index contributed by atoms with van der Waals surface area (Å²) in [5.41, 5.74) is 5.16. The first-order chi connectivity index (χ1) is 15.3. The Morgan fingerprint density at radius 2 is 1.72 bits per heavy atom. The van der Waals surface area contributed by atoms with E-state index in [-0.39, 0.29) is 23.3 Å². The zero-order chi connectivity index (χ0) is 22.9. The number of hydrogen-bond donors (Lipinski definition) is 0. The van der Waals surface area contributed by atoms with Crippen molar-refractivity contribution in [3.05, 3.63) is 59.2 Å². The summed E-state index contributed by atoms with van der Waals surface area (Å²) in [6.07, 6.45) is 2.06. The number of hydrogen-bond acceptors (Lipinski definition) is 4. The van der Waals surface area contributed by atoms with Gasteiger partial charge in [-0.1, -0.05) is 45.0 Å². The highest BCUT2D eigenvalue weighted by atomic mass is 16.5. The smallest absolute Gasteiger partial charge is 0.252 e. The van der Waals surface area contributed by atoms with E-state index in [1.807, 2.05) is 17.0 Å². The van der Waals surface area contributed by atoms with Gasteiger partial charge in [0.05, 0.1) is 7.11 Å². The summed E-state index contributed by atoms with van der Waals surface area (Å²) in [6.45, 7) is 10.6. The number of piperidine rings is 1. The fourth-order valence-corrected chi connectivity index (χ4v) is 5.13. The monoisotopic (exact) mass is 436 g/mol. The fourth-order valence-electron chi connectivity index (χ4n) is 5.13. The summed E-state index contributed by atoms with van der Waals surface area (Å²) < 4.78 is 10.7. The van der Waals surface area contributed by atoms with Crippen LogP contribution in [-0.4, -0.2) is 51.3 Å². The van der Waals surface area contributed by atoms with E-state index < -0.39 is 0 Å². The van der Waals surface area contributed by atoms with Crippen molar-refractivity contribution in [3.8, 4) is 5.75 Å². The first kappa shape index (κ1) is 22.8. The van der Waals surface area contributed by atoms with E-state index in [0.717, 1.165) is 50.5 Å². The number of nitrogens with zero attached hydrogens (tertiary/aromatic N) is 2. The second kappa shape index (κ2) is 8.87. The molecule has 0 N–H and O–H groups in total. The number of carbonyl (C=O) groups is 1. The Balaban J connectivity index is 1.49. The number of rotatable bonds is 5. The van der Waals surface area contributed by atoms with Gasteiger partial charge in [0.1, 0.15) is 12.4 Å². The Morgan fingerprint density at radius 1 is 1.03 bits per heavy atom. The molecule has 0 aliphatic carbocycles. The fraction of sp³-hybridized carbons (Fsp3) is 0.519.